The highest BCUT2D eigenvalue weighted by atomic mass is 16.3. The lowest BCUT2D eigenvalue weighted by Gasteiger charge is -2.27. The number of rotatable bonds is 1. The molecule has 1 aliphatic heterocycles. The number of fused-ring (bicyclic) bond motifs is 3. The number of benzene rings is 1. The maximum Gasteiger partial charge on any atom is 0.230 e. The summed E-state index contributed by atoms with van der Waals surface area (Å²) in [5.74, 6) is 0.0574. The molecule has 4 nitrogen and oxygen atoms in total. The summed E-state index contributed by atoms with van der Waals surface area (Å²) in [4.78, 5) is 4.21. The molecule has 0 saturated heterocycles. The van der Waals surface area contributed by atoms with Crippen molar-refractivity contribution < 1.29 is 5.11 Å². The van der Waals surface area contributed by atoms with Crippen molar-refractivity contribution in [3.05, 3.63) is 59.9 Å². The van der Waals surface area contributed by atoms with E-state index in [1.807, 2.05) is 16.7 Å². The zero-order valence-corrected chi connectivity index (χ0v) is 11.0. The summed E-state index contributed by atoms with van der Waals surface area (Å²) in [6.45, 7) is 0. The lowest BCUT2D eigenvalue weighted by Crippen LogP contribution is -2.18. The number of nitrogens with zero attached hydrogens (tertiary/aromatic N) is 2. The minimum Gasteiger partial charge on any atom is -0.492 e. The molecule has 0 spiro atoms. The van der Waals surface area contributed by atoms with Crippen LogP contribution in [0.15, 0.2) is 48.8 Å². The Morgan fingerprint density at radius 2 is 2.05 bits per heavy atom. The Hall–Kier alpha value is -2.49. The van der Waals surface area contributed by atoms with Crippen LogP contribution in [0.1, 0.15) is 23.6 Å². The number of aromatic nitrogens is 2. The fourth-order valence-corrected chi connectivity index (χ4v) is 2.92. The second-order valence-electron chi connectivity index (χ2n) is 5.19. The van der Waals surface area contributed by atoms with Crippen LogP contribution in [0.5, 0.6) is 5.88 Å². The summed E-state index contributed by atoms with van der Waals surface area (Å²) >= 11 is 0. The van der Waals surface area contributed by atoms with E-state index < -0.39 is 0 Å². The van der Waals surface area contributed by atoms with E-state index in [0.29, 0.717) is 6.04 Å². The van der Waals surface area contributed by atoms with Crippen LogP contribution >= 0.6 is 0 Å². The normalized spacial score (nSPS) is 17.7. The first-order valence-corrected chi connectivity index (χ1v) is 6.82. The van der Waals surface area contributed by atoms with Crippen molar-refractivity contribution in [1.82, 2.24) is 9.38 Å². The number of hydrogen-bond donors (Lipinski definition) is 2. The number of pyridine rings is 1. The molecule has 100 valence electrons. The summed E-state index contributed by atoms with van der Waals surface area (Å²) < 4.78 is 1.86. The Kier molecular flexibility index (Phi) is 2.42. The molecule has 1 atom stereocenters. The molecule has 3 aromatic rings. The average molecular weight is 265 g/mol. The van der Waals surface area contributed by atoms with Gasteiger partial charge in [0.05, 0.1) is 17.9 Å². The van der Waals surface area contributed by atoms with Gasteiger partial charge in [-0.25, -0.2) is 0 Å². The molecule has 0 saturated carbocycles. The van der Waals surface area contributed by atoms with Crippen molar-refractivity contribution in [3.8, 4) is 5.88 Å². The lowest BCUT2D eigenvalue weighted by molar-refractivity contribution is 0.457. The van der Waals surface area contributed by atoms with E-state index >= 15 is 0 Å². The molecule has 1 aliphatic rings. The summed E-state index contributed by atoms with van der Waals surface area (Å²) in [5.41, 5.74) is 4.37. The van der Waals surface area contributed by atoms with E-state index in [0.717, 1.165) is 24.2 Å². The molecular weight excluding hydrogens is 250 g/mol. The third kappa shape index (κ3) is 1.72. The van der Waals surface area contributed by atoms with Gasteiger partial charge >= 0.3 is 0 Å². The molecule has 0 fully saturated rings. The third-order valence-corrected chi connectivity index (χ3v) is 3.92. The SMILES string of the molecule is Oc1cn2ccc3c(c2n1)NC(c1ccccc1)CC3. The molecule has 1 aromatic carbocycles. The fourth-order valence-electron chi connectivity index (χ4n) is 2.92. The smallest absolute Gasteiger partial charge is 0.230 e. The second kappa shape index (κ2) is 4.27. The van der Waals surface area contributed by atoms with Crippen LogP contribution in [0.2, 0.25) is 0 Å². The highest BCUT2D eigenvalue weighted by Crippen LogP contribution is 2.35. The van der Waals surface area contributed by atoms with Crippen LogP contribution in [-0.4, -0.2) is 14.5 Å². The molecular formula is C16H15N3O. The average Bonchev–Trinajstić information content (AvgIpc) is 2.88. The zero-order valence-electron chi connectivity index (χ0n) is 11.0. The maximum absolute atomic E-state index is 9.58. The molecule has 0 aliphatic carbocycles. The molecule has 3 heterocycles. The molecule has 4 rings (SSSR count). The number of anilines is 1. The van der Waals surface area contributed by atoms with Crippen molar-refractivity contribution in [2.24, 2.45) is 0 Å². The number of imidazole rings is 1. The first-order valence-electron chi connectivity index (χ1n) is 6.82. The predicted octanol–water partition coefficient (Wildman–Crippen LogP) is 3.14. The van der Waals surface area contributed by atoms with Gasteiger partial charge in [-0.1, -0.05) is 30.3 Å². The molecule has 0 amide bonds. The largest absolute Gasteiger partial charge is 0.492 e. The van der Waals surface area contributed by atoms with Gasteiger partial charge < -0.3 is 14.8 Å². The van der Waals surface area contributed by atoms with E-state index in [-0.39, 0.29) is 5.88 Å². The molecule has 0 bridgehead atoms. The topological polar surface area (TPSA) is 49.6 Å². The minimum absolute atomic E-state index is 0.0574. The first kappa shape index (κ1) is 11.3. The van der Waals surface area contributed by atoms with Gasteiger partial charge in [0.2, 0.25) is 5.88 Å². The maximum atomic E-state index is 9.58. The highest BCUT2D eigenvalue weighted by molar-refractivity contribution is 5.74. The number of nitrogens with one attached hydrogen (secondary N) is 1. The van der Waals surface area contributed by atoms with Gasteiger partial charge in [0, 0.05) is 6.20 Å². The molecule has 2 N–H and O–H groups in total. The van der Waals surface area contributed by atoms with Crippen molar-refractivity contribution in [3.63, 3.8) is 0 Å². The van der Waals surface area contributed by atoms with Gasteiger partial charge in [0.25, 0.3) is 0 Å². The molecule has 20 heavy (non-hydrogen) atoms. The number of hydrogen-bond acceptors (Lipinski definition) is 3. The molecule has 2 aromatic heterocycles. The Morgan fingerprint density at radius 1 is 1.20 bits per heavy atom. The van der Waals surface area contributed by atoms with Gasteiger partial charge in [-0.3, -0.25) is 0 Å². The summed E-state index contributed by atoms with van der Waals surface area (Å²) in [7, 11) is 0. The van der Waals surface area contributed by atoms with Crippen LogP contribution in [0.4, 0.5) is 5.69 Å². The lowest BCUT2D eigenvalue weighted by atomic mass is 9.94. The van der Waals surface area contributed by atoms with Crippen LogP contribution < -0.4 is 5.32 Å². The molecule has 0 radical (unpaired) electrons. The highest BCUT2D eigenvalue weighted by Gasteiger charge is 2.22. The van der Waals surface area contributed by atoms with Crippen LogP contribution in [0.25, 0.3) is 5.65 Å². The van der Waals surface area contributed by atoms with Crippen LogP contribution in [-0.2, 0) is 6.42 Å². The van der Waals surface area contributed by atoms with Gasteiger partial charge in [-0.05, 0) is 30.0 Å². The van der Waals surface area contributed by atoms with Gasteiger partial charge in [-0.15, -0.1) is 0 Å². The fraction of sp³-hybridized carbons (Fsp3) is 0.188. The Balaban J connectivity index is 1.79. The minimum atomic E-state index is 0.0574. The monoisotopic (exact) mass is 265 g/mol. The third-order valence-electron chi connectivity index (χ3n) is 3.92. The Labute approximate surface area is 116 Å². The van der Waals surface area contributed by atoms with E-state index in [9.17, 15) is 5.11 Å². The van der Waals surface area contributed by atoms with E-state index in [1.165, 1.54) is 11.1 Å². The zero-order chi connectivity index (χ0) is 13.5. The van der Waals surface area contributed by atoms with Gasteiger partial charge in [0.15, 0.2) is 5.65 Å². The van der Waals surface area contributed by atoms with Crippen molar-refractivity contribution >= 4 is 11.3 Å². The van der Waals surface area contributed by atoms with Gasteiger partial charge in [-0.2, -0.15) is 4.98 Å². The van der Waals surface area contributed by atoms with Crippen LogP contribution in [0, 0.1) is 0 Å². The summed E-state index contributed by atoms with van der Waals surface area (Å²) in [6, 6.07) is 12.8. The number of aryl methyl sites for hydroxylation is 1. The Bertz CT molecular complexity index is 764. The number of aromatic hydroxyl groups is 1. The second-order valence-corrected chi connectivity index (χ2v) is 5.19. The first-order chi connectivity index (χ1) is 9.81. The standard InChI is InChI=1S/C16H15N3O/c20-14-10-19-9-8-12-6-7-13(11-4-2-1-3-5-11)17-15(12)16(19)18-14/h1-5,8-10,13,17,20H,6-7H2. The van der Waals surface area contributed by atoms with Crippen molar-refractivity contribution in [2.75, 3.05) is 5.32 Å². The molecule has 1 unspecified atom stereocenters. The Morgan fingerprint density at radius 3 is 2.90 bits per heavy atom. The van der Waals surface area contributed by atoms with E-state index in [2.05, 4.69) is 40.6 Å². The van der Waals surface area contributed by atoms with Crippen molar-refractivity contribution in [1.29, 1.82) is 0 Å². The summed E-state index contributed by atoms with van der Waals surface area (Å²) in [6.07, 6.45) is 5.67. The van der Waals surface area contributed by atoms with Crippen molar-refractivity contribution in [2.45, 2.75) is 18.9 Å². The summed E-state index contributed by atoms with van der Waals surface area (Å²) in [5, 5.41) is 13.2. The van der Waals surface area contributed by atoms with E-state index in [4.69, 9.17) is 0 Å². The van der Waals surface area contributed by atoms with E-state index in [1.54, 1.807) is 6.20 Å². The van der Waals surface area contributed by atoms with Gasteiger partial charge in [0.1, 0.15) is 0 Å². The molecule has 4 heteroatoms. The van der Waals surface area contributed by atoms with Crippen LogP contribution in [0.3, 0.4) is 0 Å². The predicted molar refractivity (Wildman–Crippen MR) is 78.0 cm³/mol. The quantitative estimate of drug-likeness (QED) is 0.710.